The maximum Gasteiger partial charge on any atom is 0.338 e. The second-order valence-corrected chi connectivity index (χ2v) is 6.75. The lowest BCUT2D eigenvalue weighted by Gasteiger charge is -2.12. The molecule has 8 nitrogen and oxygen atoms in total. The quantitative estimate of drug-likeness (QED) is 0.369. The number of benzene rings is 2. The average Bonchev–Trinajstić information content (AvgIpc) is 3.17. The average molecular weight is 415 g/mol. The van der Waals surface area contributed by atoms with E-state index in [2.05, 4.69) is 10.3 Å². The molecule has 1 heterocycles. The van der Waals surface area contributed by atoms with Crippen LogP contribution in [0.1, 0.15) is 17.3 Å². The van der Waals surface area contributed by atoms with Gasteiger partial charge in [0.1, 0.15) is 5.82 Å². The first-order valence-corrected chi connectivity index (χ1v) is 9.19. The van der Waals surface area contributed by atoms with Gasteiger partial charge in [0.2, 0.25) is 0 Å². The molecule has 0 saturated carbocycles. The van der Waals surface area contributed by atoms with Gasteiger partial charge in [0.15, 0.2) is 11.2 Å². The van der Waals surface area contributed by atoms with Gasteiger partial charge in [-0.1, -0.05) is 12.1 Å². The summed E-state index contributed by atoms with van der Waals surface area (Å²) >= 11 is 1.13. The van der Waals surface area contributed by atoms with E-state index in [4.69, 9.17) is 4.74 Å². The van der Waals surface area contributed by atoms with Gasteiger partial charge in [-0.2, -0.15) is 0 Å². The SMILES string of the molecule is C[C@@H](OC(=O)c1ccc(F)cc1)C(=O)Nc1nc(-c2cccc([N+](=O)[O-])c2)cs1. The molecule has 0 unspecified atom stereocenters. The molecule has 1 N–H and O–H groups in total. The van der Waals surface area contributed by atoms with Crippen molar-refractivity contribution in [3.8, 4) is 11.3 Å². The molecule has 29 heavy (non-hydrogen) atoms. The third kappa shape index (κ3) is 4.99. The van der Waals surface area contributed by atoms with E-state index in [1.807, 2.05) is 0 Å². The summed E-state index contributed by atoms with van der Waals surface area (Å²) in [6, 6.07) is 10.7. The molecule has 0 aliphatic carbocycles. The van der Waals surface area contributed by atoms with Crippen LogP contribution in [0.3, 0.4) is 0 Å². The van der Waals surface area contributed by atoms with Crippen LogP contribution in [-0.4, -0.2) is 27.9 Å². The lowest BCUT2D eigenvalue weighted by atomic mass is 10.1. The highest BCUT2D eigenvalue weighted by Gasteiger charge is 2.20. The molecule has 0 bridgehead atoms. The van der Waals surface area contributed by atoms with Crippen molar-refractivity contribution in [3.05, 3.63) is 75.4 Å². The van der Waals surface area contributed by atoms with Gasteiger partial charge in [-0.25, -0.2) is 14.2 Å². The van der Waals surface area contributed by atoms with Gasteiger partial charge in [0.25, 0.3) is 11.6 Å². The smallest absolute Gasteiger partial charge is 0.338 e. The number of anilines is 1. The number of nitro benzene ring substituents is 1. The zero-order valence-electron chi connectivity index (χ0n) is 15.0. The van der Waals surface area contributed by atoms with E-state index in [1.54, 1.807) is 17.5 Å². The first kappa shape index (κ1) is 20.1. The van der Waals surface area contributed by atoms with E-state index >= 15 is 0 Å². The van der Waals surface area contributed by atoms with Crippen LogP contribution in [-0.2, 0) is 9.53 Å². The standard InChI is InChI=1S/C19H14FN3O5S/c1-11(28-18(25)12-5-7-14(20)8-6-12)17(24)22-19-21-16(10-29-19)13-3-2-4-15(9-13)23(26)27/h2-11H,1H3,(H,21,22,24)/t11-/m1/s1. The molecule has 10 heteroatoms. The predicted molar refractivity (Wildman–Crippen MR) is 104 cm³/mol. The second-order valence-electron chi connectivity index (χ2n) is 5.89. The summed E-state index contributed by atoms with van der Waals surface area (Å²) in [5, 5.41) is 15.3. The monoisotopic (exact) mass is 415 g/mol. The number of halogens is 1. The summed E-state index contributed by atoms with van der Waals surface area (Å²) in [5.74, 6) is -1.85. The van der Waals surface area contributed by atoms with Gasteiger partial charge in [-0.05, 0) is 31.2 Å². The van der Waals surface area contributed by atoms with Gasteiger partial charge in [0, 0.05) is 23.1 Å². The summed E-state index contributed by atoms with van der Waals surface area (Å²) in [6.07, 6.45) is -1.11. The van der Waals surface area contributed by atoms with Gasteiger partial charge < -0.3 is 4.74 Å². The number of nitrogens with zero attached hydrogens (tertiary/aromatic N) is 2. The molecule has 2 aromatic carbocycles. The lowest BCUT2D eigenvalue weighted by Crippen LogP contribution is -2.29. The minimum absolute atomic E-state index is 0.0672. The van der Waals surface area contributed by atoms with Crippen molar-refractivity contribution in [2.24, 2.45) is 0 Å². The fourth-order valence-corrected chi connectivity index (χ4v) is 3.04. The van der Waals surface area contributed by atoms with Crippen molar-refractivity contribution < 1.29 is 23.6 Å². The zero-order valence-corrected chi connectivity index (χ0v) is 15.8. The molecule has 0 spiro atoms. The van der Waals surface area contributed by atoms with Crippen molar-refractivity contribution in [3.63, 3.8) is 0 Å². The fourth-order valence-electron chi connectivity index (χ4n) is 2.32. The topological polar surface area (TPSA) is 111 Å². The Labute approximate surface area is 168 Å². The summed E-state index contributed by atoms with van der Waals surface area (Å²) in [4.78, 5) is 38.9. The Morgan fingerprint density at radius 1 is 1.24 bits per heavy atom. The molecule has 1 amide bonds. The molecule has 3 aromatic rings. The number of hydrogen-bond donors (Lipinski definition) is 1. The summed E-state index contributed by atoms with van der Waals surface area (Å²) < 4.78 is 18.0. The summed E-state index contributed by atoms with van der Waals surface area (Å²) in [6.45, 7) is 1.39. The number of carbonyl (C=O) groups is 2. The van der Waals surface area contributed by atoms with Crippen molar-refractivity contribution in [2.75, 3.05) is 5.32 Å². The highest BCUT2D eigenvalue weighted by Crippen LogP contribution is 2.27. The Bertz CT molecular complexity index is 1070. The maximum absolute atomic E-state index is 12.9. The number of amides is 1. The van der Waals surface area contributed by atoms with E-state index < -0.39 is 28.7 Å². The molecule has 1 atom stereocenters. The normalized spacial score (nSPS) is 11.5. The van der Waals surface area contributed by atoms with Crippen LogP contribution in [0.4, 0.5) is 15.2 Å². The molecule has 0 radical (unpaired) electrons. The second kappa shape index (κ2) is 8.57. The number of aromatic nitrogens is 1. The molecule has 0 saturated heterocycles. The molecular weight excluding hydrogens is 401 g/mol. The van der Waals surface area contributed by atoms with E-state index in [-0.39, 0.29) is 16.4 Å². The summed E-state index contributed by atoms with van der Waals surface area (Å²) in [5.41, 5.74) is 1.05. The van der Waals surface area contributed by atoms with Crippen LogP contribution >= 0.6 is 11.3 Å². The molecular formula is C19H14FN3O5S. The maximum atomic E-state index is 12.9. The van der Waals surface area contributed by atoms with Crippen LogP contribution < -0.4 is 5.32 Å². The van der Waals surface area contributed by atoms with Gasteiger partial charge in [-0.3, -0.25) is 20.2 Å². The minimum atomic E-state index is -1.11. The molecule has 0 fully saturated rings. The van der Waals surface area contributed by atoms with Crippen molar-refractivity contribution in [2.45, 2.75) is 13.0 Å². The van der Waals surface area contributed by atoms with E-state index in [1.165, 1.54) is 31.2 Å². The van der Waals surface area contributed by atoms with Crippen LogP contribution in [0.25, 0.3) is 11.3 Å². The lowest BCUT2D eigenvalue weighted by molar-refractivity contribution is -0.384. The number of carbonyl (C=O) groups excluding carboxylic acids is 2. The minimum Gasteiger partial charge on any atom is -0.449 e. The molecule has 0 aliphatic rings. The number of non-ortho nitro benzene ring substituents is 1. The molecule has 148 valence electrons. The third-order valence-electron chi connectivity index (χ3n) is 3.82. The first-order valence-electron chi connectivity index (χ1n) is 8.31. The molecule has 3 rings (SSSR count). The van der Waals surface area contributed by atoms with Gasteiger partial charge in [0.05, 0.1) is 16.2 Å². The highest BCUT2D eigenvalue weighted by molar-refractivity contribution is 7.14. The Balaban J connectivity index is 1.63. The first-order chi connectivity index (χ1) is 13.8. The van der Waals surface area contributed by atoms with Crippen molar-refractivity contribution in [1.82, 2.24) is 4.98 Å². The zero-order chi connectivity index (χ0) is 21.0. The summed E-state index contributed by atoms with van der Waals surface area (Å²) in [7, 11) is 0. The largest absolute Gasteiger partial charge is 0.449 e. The number of ether oxygens (including phenoxy) is 1. The van der Waals surface area contributed by atoms with Crippen molar-refractivity contribution in [1.29, 1.82) is 0 Å². The Kier molecular flexibility index (Phi) is 5.93. The van der Waals surface area contributed by atoms with Gasteiger partial charge in [-0.15, -0.1) is 11.3 Å². The highest BCUT2D eigenvalue weighted by atomic mass is 32.1. The van der Waals surface area contributed by atoms with E-state index in [9.17, 15) is 24.1 Å². The third-order valence-corrected chi connectivity index (χ3v) is 4.58. The number of nitro groups is 1. The van der Waals surface area contributed by atoms with Crippen LogP contribution in [0, 0.1) is 15.9 Å². The Morgan fingerprint density at radius 3 is 2.66 bits per heavy atom. The van der Waals surface area contributed by atoms with Crippen LogP contribution in [0.15, 0.2) is 53.9 Å². The molecule has 0 aliphatic heterocycles. The predicted octanol–water partition coefficient (Wildman–Crippen LogP) is 4.04. The van der Waals surface area contributed by atoms with Crippen LogP contribution in [0.2, 0.25) is 0 Å². The number of thiazole rings is 1. The molecule has 1 aromatic heterocycles. The fraction of sp³-hybridized carbons (Fsp3) is 0.105. The number of rotatable bonds is 6. The Hall–Kier alpha value is -3.66. The number of nitrogens with one attached hydrogen (secondary N) is 1. The van der Waals surface area contributed by atoms with Crippen molar-refractivity contribution >= 4 is 34.0 Å². The number of esters is 1. The van der Waals surface area contributed by atoms with E-state index in [0.29, 0.717) is 11.3 Å². The van der Waals surface area contributed by atoms with E-state index in [0.717, 1.165) is 23.5 Å². The Morgan fingerprint density at radius 2 is 1.97 bits per heavy atom. The van der Waals surface area contributed by atoms with Gasteiger partial charge >= 0.3 is 5.97 Å². The number of hydrogen-bond acceptors (Lipinski definition) is 7. The van der Waals surface area contributed by atoms with Crippen LogP contribution in [0.5, 0.6) is 0 Å².